The van der Waals surface area contributed by atoms with Gasteiger partial charge in [-0.05, 0) is 50.2 Å². The van der Waals surface area contributed by atoms with E-state index in [0.717, 1.165) is 0 Å². The Morgan fingerprint density at radius 2 is 1.88 bits per heavy atom. The summed E-state index contributed by atoms with van der Waals surface area (Å²) in [5.41, 5.74) is 1.01. The molecular formula is C19H19NO4. The Bertz CT molecular complexity index is 747. The predicted molar refractivity (Wildman–Crippen MR) is 89.7 cm³/mol. The van der Waals surface area contributed by atoms with Crippen molar-refractivity contribution in [3.8, 4) is 23.3 Å². The summed E-state index contributed by atoms with van der Waals surface area (Å²) in [4.78, 5) is 12.5. The van der Waals surface area contributed by atoms with Gasteiger partial charge in [0.15, 0.2) is 17.6 Å². The Hall–Kier alpha value is -3.00. The molecule has 0 spiro atoms. The summed E-state index contributed by atoms with van der Waals surface area (Å²) in [6.07, 6.45) is -0.689. The average Bonchev–Trinajstić information content (AvgIpc) is 2.62. The number of methoxy groups -OCH3 is 1. The van der Waals surface area contributed by atoms with Crippen LogP contribution in [0, 0.1) is 11.3 Å². The molecule has 0 aliphatic heterocycles. The van der Waals surface area contributed by atoms with Crippen LogP contribution in [-0.4, -0.2) is 25.6 Å². The first kappa shape index (κ1) is 17.4. The second-order valence-corrected chi connectivity index (χ2v) is 5.06. The Morgan fingerprint density at radius 1 is 1.17 bits per heavy atom. The minimum Gasteiger partial charge on any atom is -0.497 e. The second kappa shape index (κ2) is 8.02. The molecule has 2 aromatic rings. The number of nitrogens with zero attached hydrogens (tertiary/aromatic N) is 1. The zero-order valence-corrected chi connectivity index (χ0v) is 13.9. The lowest BCUT2D eigenvalue weighted by Crippen LogP contribution is -2.24. The van der Waals surface area contributed by atoms with E-state index in [1.165, 1.54) is 0 Å². The number of Topliss-reactive ketones (excluding diaryl/α,β-unsaturated/α-hetero) is 1. The fraction of sp³-hybridized carbons (Fsp3) is 0.263. The number of ether oxygens (including phenoxy) is 3. The minimum absolute atomic E-state index is 0.149. The van der Waals surface area contributed by atoms with Crippen LogP contribution >= 0.6 is 0 Å². The maximum Gasteiger partial charge on any atom is 0.203 e. The molecule has 0 amide bonds. The van der Waals surface area contributed by atoms with E-state index in [0.29, 0.717) is 35.0 Å². The summed E-state index contributed by atoms with van der Waals surface area (Å²) in [5, 5.41) is 8.97. The first-order valence-corrected chi connectivity index (χ1v) is 7.61. The summed E-state index contributed by atoms with van der Waals surface area (Å²) < 4.78 is 16.3. The van der Waals surface area contributed by atoms with Crippen LogP contribution in [0.15, 0.2) is 42.5 Å². The number of carbonyl (C=O) groups is 1. The van der Waals surface area contributed by atoms with Gasteiger partial charge in [-0.15, -0.1) is 0 Å². The summed E-state index contributed by atoms with van der Waals surface area (Å²) in [6.45, 7) is 3.96. The molecule has 0 bridgehead atoms. The highest BCUT2D eigenvalue weighted by Gasteiger charge is 2.19. The Labute approximate surface area is 141 Å². The van der Waals surface area contributed by atoms with Crippen molar-refractivity contribution >= 4 is 5.78 Å². The molecule has 0 heterocycles. The molecule has 24 heavy (non-hydrogen) atoms. The highest BCUT2D eigenvalue weighted by molar-refractivity contribution is 5.99. The fourth-order valence-electron chi connectivity index (χ4n) is 2.18. The van der Waals surface area contributed by atoms with Crippen LogP contribution < -0.4 is 14.2 Å². The SMILES string of the molecule is CCOc1cc(C#N)ccc1O[C@H](C)C(=O)c1ccc(OC)cc1. The van der Waals surface area contributed by atoms with Gasteiger partial charge >= 0.3 is 0 Å². The topological polar surface area (TPSA) is 68.5 Å². The lowest BCUT2D eigenvalue weighted by molar-refractivity contribution is 0.0813. The summed E-state index contributed by atoms with van der Waals surface area (Å²) in [7, 11) is 1.57. The number of carbonyl (C=O) groups excluding carboxylic acids is 1. The lowest BCUT2D eigenvalue weighted by atomic mass is 10.1. The fourth-order valence-corrected chi connectivity index (χ4v) is 2.18. The third kappa shape index (κ3) is 4.05. The molecule has 5 nitrogen and oxygen atoms in total. The zero-order valence-electron chi connectivity index (χ0n) is 13.9. The standard InChI is InChI=1S/C19H19NO4/c1-4-23-18-11-14(12-20)5-10-17(18)24-13(2)19(21)15-6-8-16(22-3)9-7-15/h5-11,13H,4H2,1-3H3/t13-/m1/s1. The monoisotopic (exact) mass is 325 g/mol. The van der Waals surface area contributed by atoms with Gasteiger partial charge in [0.05, 0.1) is 25.3 Å². The zero-order chi connectivity index (χ0) is 17.5. The molecule has 0 saturated heterocycles. The van der Waals surface area contributed by atoms with Crippen molar-refractivity contribution < 1.29 is 19.0 Å². The molecule has 0 aromatic heterocycles. The third-order valence-corrected chi connectivity index (χ3v) is 3.42. The maximum absolute atomic E-state index is 12.5. The average molecular weight is 325 g/mol. The highest BCUT2D eigenvalue weighted by Crippen LogP contribution is 2.29. The Kier molecular flexibility index (Phi) is 5.80. The molecule has 2 rings (SSSR count). The first-order chi connectivity index (χ1) is 11.6. The molecule has 1 atom stereocenters. The van der Waals surface area contributed by atoms with Gasteiger partial charge in [0, 0.05) is 11.6 Å². The van der Waals surface area contributed by atoms with Gasteiger partial charge in [0.25, 0.3) is 0 Å². The number of benzene rings is 2. The predicted octanol–water partition coefficient (Wildman–Crippen LogP) is 3.62. The van der Waals surface area contributed by atoms with Gasteiger partial charge in [-0.1, -0.05) is 0 Å². The quantitative estimate of drug-likeness (QED) is 0.727. The number of hydrogen-bond acceptors (Lipinski definition) is 5. The smallest absolute Gasteiger partial charge is 0.203 e. The van der Waals surface area contributed by atoms with E-state index in [1.54, 1.807) is 56.5 Å². The van der Waals surface area contributed by atoms with Gasteiger partial charge in [-0.25, -0.2) is 0 Å². The van der Waals surface area contributed by atoms with Crippen molar-refractivity contribution in [1.29, 1.82) is 5.26 Å². The molecule has 0 aliphatic rings. The van der Waals surface area contributed by atoms with Crippen LogP contribution in [0.1, 0.15) is 29.8 Å². The second-order valence-electron chi connectivity index (χ2n) is 5.06. The van der Waals surface area contributed by atoms with Crippen molar-refractivity contribution in [1.82, 2.24) is 0 Å². The van der Waals surface area contributed by atoms with Gasteiger partial charge < -0.3 is 14.2 Å². The third-order valence-electron chi connectivity index (χ3n) is 3.42. The van der Waals surface area contributed by atoms with E-state index in [4.69, 9.17) is 19.5 Å². The molecule has 0 radical (unpaired) electrons. The van der Waals surface area contributed by atoms with E-state index < -0.39 is 6.10 Å². The van der Waals surface area contributed by atoms with E-state index >= 15 is 0 Å². The first-order valence-electron chi connectivity index (χ1n) is 7.61. The van der Waals surface area contributed by atoms with E-state index in [9.17, 15) is 4.79 Å². The Morgan fingerprint density at radius 3 is 2.46 bits per heavy atom. The highest BCUT2D eigenvalue weighted by atomic mass is 16.5. The van der Waals surface area contributed by atoms with E-state index in [1.807, 2.05) is 6.92 Å². The number of rotatable bonds is 7. The molecular weight excluding hydrogens is 306 g/mol. The molecule has 0 unspecified atom stereocenters. The van der Waals surface area contributed by atoms with Crippen LogP contribution in [0.2, 0.25) is 0 Å². The maximum atomic E-state index is 12.5. The van der Waals surface area contributed by atoms with E-state index in [-0.39, 0.29) is 5.78 Å². The lowest BCUT2D eigenvalue weighted by Gasteiger charge is -2.17. The molecule has 2 aromatic carbocycles. The Balaban J connectivity index is 2.17. The summed E-state index contributed by atoms with van der Waals surface area (Å²) in [5.74, 6) is 1.42. The van der Waals surface area contributed by atoms with Gasteiger partial charge in [-0.3, -0.25) is 4.79 Å². The van der Waals surface area contributed by atoms with Gasteiger partial charge in [0.2, 0.25) is 5.78 Å². The molecule has 0 aliphatic carbocycles. The van der Waals surface area contributed by atoms with Crippen molar-refractivity contribution in [3.63, 3.8) is 0 Å². The van der Waals surface area contributed by atoms with Crippen LogP contribution in [0.25, 0.3) is 0 Å². The number of ketones is 1. The van der Waals surface area contributed by atoms with Gasteiger partial charge in [0.1, 0.15) is 5.75 Å². The molecule has 0 N–H and O–H groups in total. The van der Waals surface area contributed by atoms with Crippen molar-refractivity contribution in [2.45, 2.75) is 20.0 Å². The molecule has 0 fully saturated rings. The van der Waals surface area contributed by atoms with Crippen LogP contribution in [0.5, 0.6) is 17.2 Å². The number of hydrogen-bond donors (Lipinski definition) is 0. The van der Waals surface area contributed by atoms with Crippen LogP contribution in [0.3, 0.4) is 0 Å². The van der Waals surface area contributed by atoms with Crippen molar-refractivity contribution in [2.24, 2.45) is 0 Å². The van der Waals surface area contributed by atoms with Crippen LogP contribution in [-0.2, 0) is 0 Å². The van der Waals surface area contributed by atoms with Gasteiger partial charge in [-0.2, -0.15) is 5.26 Å². The molecule has 5 heteroatoms. The number of nitriles is 1. The summed E-state index contributed by atoms with van der Waals surface area (Å²) in [6, 6.07) is 13.8. The van der Waals surface area contributed by atoms with E-state index in [2.05, 4.69) is 6.07 Å². The van der Waals surface area contributed by atoms with Crippen molar-refractivity contribution in [2.75, 3.05) is 13.7 Å². The summed E-state index contributed by atoms with van der Waals surface area (Å²) >= 11 is 0. The normalized spacial score (nSPS) is 11.2. The largest absolute Gasteiger partial charge is 0.497 e. The molecule has 124 valence electrons. The van der Waals surface area contributed by atoms with Crippen molar-refractivity contribution in [3.05, 3.63) is 53.6 Å². The molecule has 0 saturated carbocycles. The van der Waals surface area contributed by atoms with Crippen LogP contribution in [0.4, 0.5) is 0 Å². The minimum atomic E-state index is -0.689.